The zero-order valence-electron chi connectivity index (χ0n) is 7.31. The van der Waals surface area contributed by atoms with Crippen molar-refractivity contribution in [2.45, 2.75) is 38.5 Å². The summed E-state index contributed by atoms with van der Waals surface area (Å²) in [5.74, 6) is 2.06. The summed E-state index contributed by atoms with van der Waals surface area (Å²) in [7, 11) is 0. The molecular weight excluding hydrogens is 148 g/mol. The summed E-state index contributed by atoms with van der Waals surface area (Å²) in [4.78, 5) is 11.5. The summed E-state index contributed by atoms with van der Waals surface area (Å²) in [6.07, 6.45) is 7.24. The van der Waals surface area contributed by atoms with Crippen molar-refractivity contribution in [3.05, 3.63) is 11.1 Å². The van der Waals surface area contributed by atoms with Crippen LogP contribution in [0.15, 0.2) is 11.1 Å². The molecule has 1 saturated carbocycles. The van der Waals surface area contributed by atoms with E-state index in [-0.39, 0.29) is 0 Å². The van der Waals surface area contributed by atoms with E-state index >= 15 is 0 Å². The van der Waals surface area contributed by atoms with Crippen LogP contribution in [-0.4, -0.2) is 5.78 Å². The highest BCUT2D eigenvalue weighted by molar-refractivity contribution is 5.99. The number of rotatable bonds is 0. The van der Waals surface area contributed by atoms with Gasteiger partial charge in [-0.3, -0.25) is 4.79 Å². The molecule has 0 saturated heterocycles. The summed E-state index contributed by atoms with van der Waals surface area (Å²) in [6.45, 7) is 0. The van der Waals surface area contributed by atoms with Crippen LogP contribution in [0.25, 0.3) is 0 Å². The van der Waals surface area contributed by atoms with Gasteiger partial charge >= 0.3 is 0 Å². The third-order valence-electron chi connectivity index (χ3n) is 3.87. The molecule has 0 N–H and O–H groups in total. The molecule has 0 spiro atoms. The highest BCUT2D eigenvalue weighted by Gasteiger charge is 2.42. The molecule has 0 bridgehead atoms. The average molecular weight is 162 g/mol. The normalized spacial score (nSPS) is 39.2. The lowest BCUT2D eigenvalue weighted by molar-refractivity contribution is -0.115. The topological polar surface area (TPSA) is 17.1 Å². The largest absolute Gasteiger partial charge is 0.295 e. The van der Waals surface area contributed by atoms with Crippen molar-refractivity contribution < 1.29 is 4.79 Å². The Morgan fingerprint density at radius 2 is 2.08 bits per heavy atom. The van der Waals surface area contributed by atoms with Crippen LogP contribution in [0, 0.1) is 11.8 Å². The lowest BCUT2D eigenvalue weighted by Crippen LogP contribution is -2.09. The SMILES string of the molecule is O=C1CCC2=C1[C@H]1CCC[C@H]1C2. The maximum Gasteiger partial charge on any atom is 0.159 e. The molecule has 0 heterocycles. The van der Waals surface area contributed by atoms with Crippen LogP contribution in [0.1, 0.15) is 38.5 Å². The van der Waals surface area contributed by atoms with Crippen molar-refractivity contribution in [1.29, 1.82) is 0 Å². The highest BCUT2D eigenvalue weighted by Crippen LogP contribution is 2.51. The van der Waals surface area contributed by atoms with Crippen LogP contribution >= 0.6 is 0 Å². The lowest BCUT2D eigenvalue weighted by Gasteiger charge is -2.11. The van der Waals surface area contributed by atoms with Gasteiger partial charge in [-0.25, -0.2) is 0 Å². The minimum Gasteiger partial charge on any atom is -0.295 e. The first kappa shape index (κ1) is 6.88. The van der Waals surface area contributed by atoms with Gasteiger partial charge in [-0.1, -0.05) is 12.0 Å². The maximum absolute atomic E-state index is 11.5. The van der Waals surface area contributed by atoms with E-state index in [0.29, 0.717) is 11.7 Å². The Morgan fingerprint density at radius 1 is 1.17 bits per heavy atom. The molecule has 1 heteroatoms. The zero-order valence-corrected chi connectivity index (χ0v) is 7.31. The van der Waals surface area contributed by atoms with Gasteiger partial charge < -0.3 is 0 Å². The number of carbonyl (C=O) groups is 1. The second-order valence-corrected chi connectivity index (χ2v) is 4.44. The highest BCUT2D eigenvalue weighted by atomic mass is 16.1. The molecule has 1 nitrogen and oxygen atoms in total. The molecule has 0 amide bonds. The van der Waals surface area contributed by atoms with Crippen LogP contribution in [0.2, 0.25) is 0 Å². The number of ketones is 1. The first-order chi connectivity index (χ1) is 5.86. The smallest absolute Gasteiger partial charge is 0.159 e. The van der Waals surface area contributed by atoms with Crippen LogP contribution in [0.4, 0.5) is 0 Å². The standard InChI is InChI=1S/C11H14O/c12-10-5-4-8-6-7-2-1-3-9(7)11(8)10/h7,9H,1-6H2/t7-,9-/m0/s1. The predicted molar refractivity (Wildman–Crippen MR) is 46.7 cm³/mol. The van der Waals surface area contributed by atoms with Gasteiger partial charge in [-0.05, 0) is 43.1 Å². The van der Waals surface area contributed by atoms with E-state index in [1.807, 2.05) is 0 Å². The molecule has 3 aliphatic rings. The number of carbonyl (C=O) groups excluding carboxylic acids is 1. The molecule has 0 aromatic rings. The second kappa shape index (κ2) is 2.21. The van der Waals surface area contributed by atoms with E-state index < -0.39 is 0 Å². The Hall–Kier alpha value is -0.590. The quantitative estimate of drug-likeness (QED) is 0.534. The molecule has 0 aromatic heterocycles. The number of hydrogen-bond donors (Lipinski definition) is 0. The summed E-state index contributed by atoms with van der Waals surface area (Å²) in [5.41, 5.74) is 2.83. The van der Waals surface area contributed by atoms with Crippen LogP contribution in [-0.2, 0) is 4.79 Å². The fourth-order valence-corrected chi connectivity index (χ4v) is 3.39. The Kier molecular flexibility index (Phi) is 1.27. The number of allylic oxidation sites excluding steroid dienone is 2. The summed E-state index contributed by atoms with van der Waals surface area (Å²) in [6, 6.07) is 0. The lowest BCUT2D eigenvalue weighted by atomic mass is 9.92. The van der Waals surface area contributed by atoms with Gasteiger partial charge in [0.2, 0.25) is 0 Å². The first-order valence-electron chi connectivity index (χ1n) is 5.11. The minimum absolute atomic E-state index is 0.486. The van der Waals surface area contributed by atoms with Crippen molar-refractivity contribution in [3.8, 4) is 0 Å². The minimum atomic E-state index is 0.486. The summed E-state index contributed by atoms with van der Waals surface area (Å²) >= 11 is 0. The van der Waals surface area contributed by atoms with Crippen molar-refractivity contribution in [1.82, 2.24) is 0 Å². The molecule has 3 aliphatic carbocycles. The first-order valence-corrected chi connectivity index (χ1v) is 5.11. The monoisotopic (exact) mass is 162 g/mol. The van der Waals surface area contributed by atoms with E-state index in [1.165, 1.54) is 36.8 Å². The van der Waals surface area contributed by atoms with E-state index in [0.717, 1.165) is 18.8 Å². The molecule has 12 heavy (non-hydrogen) atoms. The molecule has 2 atom stereocenters. The van der Waals surface area contributed by atoms with Gasteiger partial charge in [-0.15, -0.1) is 0 Å². The van der Waals surface area contributed by atoms with Gasteiger partial charge in [0.05, 0.1) is 0 Å². The number of hydrogen-bond acceptors (Lipinski definition) is 1. The van der Waals surface area contributed by atoms with Crippen molar-refractivity contribution >= 4 is 5.78 Å². The molecule has 0 aromatic carbocycles. The molecule has 1 fully saturated rings. The van der Waals surface area contributed by atoms with Crippen LogP contribution < -0.4 is 0 Å². The van der Waals surface area contributed by atoms with E-state index in [4.69, 9.17) is 0 Å². The summed E-state index contributed by atoms with van der Waals surface area (Å²) in [5, 5.41) is 0. The third kappa shape index (κ3) is 0.720. The van der Waals surface area contributed by atoms with E-state index in [2.05, 4.69) is 0 Å². The molecule has 0 radical (unpaired) electrons. The number of fused-ring (bicyclic) bond motifs is 2. The summed E-state index contributed by atoms with van der Waals surface area (Å²) < 4.78 is 0. The Labute approximate surface area is 72.8 Å². The molecule has 0 unspecified atom stereocenters. The Bertz CT molecular complexity index is 275. The van der Waals surface area contributed by atoms with Crippen molar-refractivity contribution in [2.75, 3.05) is 0 Å². The van der Waals surface area contributed by atoms with Gasteiger partial charge in [0.1, 0.15) is 0 Å². The average Bonchev–Trinajstić information content (AvgIpc) is 2.61. The predicted octanol–water partition coefficient (Wildman–Crippen LogP) is 2.47. The molecule has 3 rings (SSSR count). The van der Waals surface area contributed by atoms with Crippen LogP contribution in [0.3, 0.4) is 0 Å². The van der Waals surface area contributed by atoms with E-state index in [1.54, 1.807) is 0 Å². The van der Waals surface area contributed by atoms with Gasteiger partial charge in [-0.2, -0.15) is 0 Å². The molecule has 0 aliphatic heterocycles. The fraction of sp³-hybridized carbons (Fsp3) is 0.727. The van der Waals surface area contributed by atoms with Crippen molar-refractivity contribution in [2.24, 2.45) is 11.8 Å². The van der Waals surface area contributed by atoms with E-state index in [9.17, 15) is 4.79 Å². The van der Waals surface area contributed by atoms with Crippen LogP contribution in [0.5, 0.6) is 0 Å². The van der Waals surface area contributed by atoms with Crippen molar-refractivity contribution in [3.63, 3.8) is 0 Å². The van der Waals surface area contributed by atoms with Gasteiger partial charge in [0.15, 0.2) is 5.78 Å². The fourth-order valence-electron chi connectivity index (χ4n) is 3.39. The Morgan fingerprint density at radius 3 is 3.00 bits per heavy atom. The van der Waals surface area contributed by atoms with Gasteiger partial charge in [0.25, 0.3) is 0 Å². The zero-order chi connectivity index (χ0) is 8.13. The molecular formula is C11H14O. The van der Waals surface area contributed by atoms with Gasteiger partial charge in [0, 0.05) is 6.42 Å². The molecule has 64 valence electrons. The third-order valence-corrected chi connectivity index (χ3v) is 3.87. The second-order valence-electron chi connectivity index (χ2n) is 4.44. The Balaban J connectivity index is 1.99. The maximum atomic E-state index is 11.5. The number of Topliss-reactive ketones (excluding diaryl/α,β-unsaturated/α-hetero) is 1.